The number of benzene rings is 2. The molecule has 1 aliphatic rings. The van der Waals surface area contributed by atoms with Gasteiger partial charge < -0.3 is 10.2 Å². The Kier molecular flexibility index (Phi) is 5.95. The summed E-state index contributed by atoms with van der Waals surface area (Å²) >= 11 is 14.1. The first-order valence-corrected chi connectivity index (χ1v) is 11.0. The number of hydrogen-bond acceptors (Lipinski definition) is 4. The van der Waals surface area contributed by atoms with Crippen molar-refractivity contribution in [1.82, 2.24) is 10.3 Å². The van der Waals surface area contributed by atoms with Gasteiger partial charge in [-0.3, -0.25) is 4.79 Å². The molecule has 0 spiro atoms. The summed E-state index contributed by atoms with van der Waals surface area (Å²) in [4.78, 5) is 20.0. The van der Waals surface area contributed by atoms with Crippen molar-refractivity contribution in [1.29, 1.82) is 0 Å². The summed E-state index contributed by atoms with van der Waals surface area (Å²) in [5.41, 5.74) is 2.32. The average Bonchev–Trinajstić information content (AvgIpc) is 2.71. The van der Waals surface area contributed by atoms with Crippen molar-refractivity contribution in [3.63, 3.8) is 0 Å². The van der Waals surface area contributed by atoms with Crippen molar-refractivity contribution in [2.24, 2.45) is 0 Å². The molecule has 2 heterocycles. The van der Waals surface area contributed by atoms with Gasteiger partial charge in [0.2, 0.25) is 0 Å². The molecule has 0 radical (unpaired) electrons. The van der Waals surface area contributed by atoms with Crippen LogP contribution in [0.15, 0.2) is 48.5 Å². The first-order valence-electron chi connectivity index (χ1n) is 9.06. The van der Waals surface area contributed by atoms with E-state index in [9.17, 15) is 4.79 Å². The van der Waals surface area contributed by atoms with E-state index in [0.29, 0.717) is 22.2 Å². The fourth-order valence-corrected chi connectivity index (χ4v) is 4.77. The number of anilines is 1. The minimum atomic E-state index is -0.137. The minimum Gasteiger partial charge on any atom is -0.355 e. The lowest BCUT2D eigenvalue weighted by molar-refractivity contribution is 0.0952. The molecule has 3 aromatic rings. The van der Waals surface area contributed by atoms with Crippen LogP contribution in [0.4, 0.5) is 5.82 Å². The average molecular weight is 432 g/mol. The normalized spacial score (nSPS) is 14.3. The highest BCUT2D eigenvalue weighted by Gasteiger charge is 2.18. The van der Waals surface area contributed by atoms with Gasteiger partial charge in [0, 0.05) is 46.6 Å². The van der Waals surface area contributed by atoms with Crippen LogP contribution in [-0.4, -0.2) is 35.5 Å². The molecule has 2 aromatic carbocycles. The van der Waals surface area contributed by atoms with Crippen molar-refractivity contribution in [3.05, 3.63) is 69.7 Å². The molecule has 7 heteroatoms. The number of amides is 1. The quantitative estimate of drug-likeness (QED) is 0.629. The lowest BCUT2D eigenvalue weighted by Crippen LogP contribution is -2.33. The predicted molar refractivity (Wildman–Crippen MR) is 119 cm³/mol. The van der Waals surface area contributed by atoms with Crippen molar-refractivity contribution in [2.45, 2.75) is 6.54 Å². The summed E-state index contributed by atoms with van der Waals surface area (Å²) < 4.78 is 0. The number of carbonyl (C=O) groups excluding carboxylic acids is 1. The van der Waals surface area contributed by atoms with Gasteiger partial charge >= 0.3 is 0 Å². The maximum atomic E-state index is 13.0. The number of halogens is 2. The van der Waals surface area contributed by atoms with Crippen molar-refractivity contribution in [2.75, 3.05) is 29.5 Å². The number of para-hydroxylation sites is 1. The summed E-state index contributed by atoms with van der Waals surface area (Å²) in [6.45, 7) is 2.24. The number of thioether (sulfide) groups is 1. The zero-order chi connectivity index (χ0) is 19.5. The highest BCUT2D eigenvalue weighted by molar-refractivity contribution is 7.99. The fraction of sp³-hybridized carbons (Fsp3) is 0.238. The van der Waals surface area contributed by atoms with Gasteiger partial charge in [0.15, 0.2) is 0 Å². The summed E-state index contributed by atoms with van der Waals surface area (Å²) in [5, 5.41) is 4.94. The van der Waals surface area contributed by atoms with Crippen LogP contribution in [0.25, 0.3) is 10.9 Å². The number of hydrogen-bond donors (Lipinski definition) is 1. The van der Waals surface area contributed by atoms with Crippen molar-refractivity contribution < 1.29 is 4.79 Å². The number of rotatable bonds is 4. The second-order valence-electron chi connectivity index (χ2n) is 6.60. The van der Waals surface area contributed by atoms with Gasteiger partial charge in [0.25, 0.3) is 5.91 Å². The molecule has 1 saturated heterocycles. The third kappa shape index (κ3) is 4.37. The van der Waals surface area contributed by atoms with Gasteiger partial charge in [-0.25, -0.2) is 4.98 Å². The van der Waals surface area contributed by atoms with Crippen LogP contribution < -0.4 is 10.2 Å². The van der Waals surface area contributed by atoms with Gasteiger partial charge in [-0.2, -0.15) is 11.8 Å². The zero-order valence-electron chi connectivity index (χ0n) is 15.1. The van der Waals surface area contributed by atoms with E-state index in [2.05, 4.69) is 10.2 Å². The molecule has 144 valence electrons. The molecule has 28 heavy (non-hydrogen) atoms. The molecule has 4 nitrogen and oxygen atoms in total. The molecule has 1 N–H and O–H groups in total. The minimum absolute atomic E-state index is 0.137. The van der Waals surface area contributed by atoms with Crippen LogP contribution in [0.2, 0.25) is 10.0 Å². The Labute approximate surface area is 178 Å². The summed E-state index contributed by atoms with van der Waals surface area (Å²) in [5.74, 6) is 2.87. The standard InChI is InChI=1S/C21H19Cl2N3OS/c22-15-9-14(10-16(23)11-15)13-24-21(27)18-12-20(26-5-7-28-8-6-26)25-19-4-2-1-3-17(18)19/h1-4,9-12H,5-8,13H2,(H,24,27). The smallest absolute Gasteiger partial charge is 0.252 e. The maximum absolute atomic E-state index is 13.0. The van der Waals surface area contributed by atoms with E-state index < -0.39 is 0 Å². The molecule has 1 aliphatic heterocycles. The molecule has 0 saturated carbocycles. The monoisotopic (exact) mass is 431 g/mol. The SMILES string of the molecule is O=C(NCc1cc(Cl)cc(Cl)c1)c1cc(N2CCSCC2)nc2ccccc12. The Hall–Kier alpha value is -1.95. The van der Waals surface area contributed by atoms with Crippen LogP contribution in [0.3, 0.4) is 0 Å². The number of fused-ring (bicyclic) bond motifs is 1. The van der Waals surface area contributed by atoms with Gasteiger partial charge in [-0.05, 0) is 35.9 Å². The molecule has 0 bridgehead atoms. The first-order chi connectivity index (χ1) is 13.6. The molecule has 0 aliphatic carbocycles. The molecule has 4 rings (SSSR count). The highest BCUT2D eigenvalue weighted by Crippen LogP contribution is 2.25. The van der Waals surface area contributed by atoms with Crippen LogP contribution >= 0.6 is 35.0 Å². The number of nitrogens with one attached hydrogen (secondary N) is 1. The lowest BCUT2D eigenvalue weighted by atomic mass is 10.1. The zero-order valence-corrected chi connectivity index (χ0v) is 17.4. The lowest BCUT2D eigenvalue weighted by Gasteiger charge is -2.28. The van der Waals surface area contributed by atoms with Gasteiger partial charge in [0.1, 0.15) is 5.82 Å². The van der Waals surface area contributed by atoms with Gasteiger partial charge in [-0.15, -0.1) is 0 Å². The largest absolute Gasteiger partial charge is 0.355 e. The van der Waals surface area contributed by atoms with E-state index in [-0.39, 0.29) is 5.91 Å². The van der Waals surface area contributed by atoms with Crippen LogP contribution in [0, 0.1) is 0 Å². The number of aromatic nitrogens is 1. The molecular weight excluding hydrogens is 413 g/mol. The van der Waals surface area contributed by atoms with Gasteiger partial charge in [0.05, 0.1) is 11.1 Å². The first kappa shape index (κ1) is 19.4. The Morgan fingerprint density at radius 3 is 2.54 bits per heavy atom. The van der Waals surface area contributed by atoms with Gasteiger partial charge in [-0.1, -0.05) is 41.4 Å². The Balaban J connectivity index is 1.63. The molecule has 0 unspecified atom stereocenters. The molecular formula is C21H19Cl2N3OS. The summed E-state index contributed by atoms with van der Waals surface area (Å²) in [6, 6.07) is 14.9. The van der Waals surface area contributed by atoms with Crippen molar-refractivity contribution in [3.8, 4) is 0 Å². The molecule has 0 atom stereocenters. The Bertz CT molecular complexity index is 1000. The molecule has 1 aromatic heterocycles. The van der Waals surface area contributed by atoms with E-state index in [4.69, 9.17) is 28.2 Å². The van der Waals surface area contributed by atoms with E-state index >= 15 is 0 Å². The third-order valence-corrected chi connectivity index (χ3v) is 6.04. The molecule has 1 fully saturated rings. The topological polar surface area (TPSA) is 45.2 Å². The Morgan fingerprint density at radius 2 is 1.79 bits per heavy atom. The Morgan fingerprint density at radius 1 is 1.07 bits per heavy atom. The molecule has 1 amide bonds. The summed E-state index contributed by atoms with van der Waals surface area (Å²) in [7, 11) is 0. The highest BCUT2D eigenvalue weighted by atomic mass is 35.5. The summed E-state index contributed by atoms with van der Waals surface area (Å²) in [6.07, 6.45) is 0. The number of carbonyl (C=O) groups is 1. The van der Waals surface area contributed by atoms with E-state index in [1.807, 2.05) is 42.1 Å². The number of pyridine rings is 1. The van der Waals surface area contributed by atoms with E-state index in [1.165, 1.54) is 0 Å². The van der Waals surface area contributed by atoms with E-state index in [0.717, 1.165) is 46.9 Å². The second kappa shape index (κ2) is 8.60. The van der Waals surface area contributed by atoms with Crippen LogP contribution in [-0.2, 0) is 6.54 Å². The van der Waals surface area contributed by atoms with Crippen LogP contribution in [0.1, 0.15) is 15.9 Å². The number of nitrogens with zero attached hydrogens (tertiary/aromatic N) is 2. The predicted octanol–water partition coefficient (Wildman–Crippen LogP) is 5.02. The fourth-order valence-electron chi connectivity index (χ4n) is 3.29. The van der Waals surface area contributed by atoms with Crippen molar-refractivity contribution >= 4 is 57.6 Å². The maximum Gasteiger partial charge on any atom is 0.252 e. The van der Waals surface area contributed by atoms with E-state index in [1.54, 1.807) is 18.2 Å². The second-order valence-corrected chi connectivity index (χ2v) is 8.70. The van der Waals surface area contributed by atoms with Crippen LogP contribution in [0.5, 0.6) is 0 Å². The third-order valence-electron chi connectivity index (χ3n) is 4.66.